The van der Waals surface area contributed by atoms with Crippen LogP contribution in [0.15, 0.2) is 16.6 Å². The number of benzene rings is 1. The number of hydrogen-bond acceptors (Lipinski definition) is 3. The van der Waals surface area contributed by atoms with Crippen LogP contribution in [0.25, 0.3) is 0 Å². The van der Waals surface area contributed by atoms with E-state index in [1.807, 2.05) is 6.92 Å². The first-order valence-electron chi connectivity index (χ1n) is 6.64. The van der Waals surface area contributed by atoms with Crippen LogP contribution in [0.5, 0.6) is 5.75 Å². The fourth-order valence-electron chi connectivity index (χ4n) is 2.01. The summed E-state index contributed by atoms with van der Waals surface area (Å²) in [5.74, 6) is 0.962. The maximum atomic E-state index is 6.08. The monoisotopic (exact) mass is 329 g/mol. The molecule has 4 heteroatoms. The zero-order chi connectivity index (χ0) is 14.4. The number of methoxy groups -OCH3 is 1. The molecule has 1 aromatic carbocycles. The summed E-state index contributed by atoms with van der Waals surface area (Å²) in [5, 5.41) is 0. The molecule has 0 aliphatic carbocycles. The van der Waals surface area contributed by atoms with Gasteiger partial charge in [-0.05, 0) is 50.5 Å². The Morgan fingerprint density at radius 1 is 1.32 bits per heavy atom. The van der Waals surface area contributed by atoms with Crippen LogP contribution in [0.1, 0.15) is 31.4 Å². The van der Waals surface area contributed by atoms with Crippen molar-refractivity contribution >= 4 is 15.9 Å². The summed E-state index contributed by atoms with van der Waals surface area (Å²) in [6.45, 7) is 6.84. The molecule has 1 rings (SSSR count). The highest BCUT2D eigenvalue weighted by Crippen LogP contribution is 2.30. The average Bonchev–Trinajstić information content (AvgIpc) is 2.30. The van der Waals surface area contributed by atoms with Crippen molar-refractivity contribution in [3.63, 3.8) is 0 Å². The van der Waals surface area contributed by atoms with Gasteiger partial charge < -0.3 is 15.2 Å². The molecule has 0 fully saturated rings. The highest BCUT2D eigenvalue weighted by molar-refractivity contribution is 9.10. The van der Waals surface area contributed by atoms with Gasteiger partial charge in [0.25, 0.3) is 0 Å². The second kappa shape index (κ2) is 7.88. The van der Waals surface area contributed by atoms with E-state index < -0.39 is 0 Å². The Bertz CT molecular complexity index is 407. The highest BCUT2D eigenvalue weighted by Gasteiger charge is 2.13. The SMILES string of the molecule is COCCC(C)Oc1c(C)cc(Br)cc1CC(C)N. The Hall–Kier alpha value is -0.580. The smallest absolute Gasteiger partial charge is 0.125 e. The fourth-order valence-corrected chi connectivity index (χ4v) is 2.63. The van der Waals surface area contributed by atoms with Gasteiger partial charge in [-0.2, -0.15) is 0 Å². The number of ether oxygens (including phenoxy) is 2. The van der Waals surface area contributed by atoms with Crippen LogP contribution < -0.4 is 10.5 Å². The van der Waals surface area contributed by atoms with E-state index in [9.17, 15) is 0 Å². The predicted octanol–water partition coefficient (Wildman–Crippen LogP) is 3.45. The minimum absolute atomic E-state index is 0.116. The number of rotatable bonds is 7. The van der Waals surface area contributed by atoms with E-state index in [4.69, 9.17) is 15.2 Å². The largest absolute Gasteiger partial charge is 0.490 e. The minimum atomic E-state index is 0.116. The Kier molecular flexibility index (Phi) is 6.83. The van der Waals surface area contributed by atoms with Crippen LogP contribution >= 0.6 is 15.9 Å². The van der Waals surface area contributed by atoms with Crippen LogP contribution in [0.4, 0.5) is 0 Å². The fraction of sp³-hybridized carbons (Fsp3) is 0.600. The lowest BCUT2D eigenvalue weighted by Crippen LogP contribution is -2.20. The zero-order valence-electron chi connectivity index (χ0n) is 12.2. The molecule has 0 saturated heterocycles. The van der Waals surface area contributed by atoms with Gasteiger partial charge in [-0.25, -0.2) is 0 Å². The second-order valence-electron chi connectivity index (χ2n) is 5.10. The number of nitrogens with two attached hydrogens (primary N) is 1. The minimum Gasteiger partial charge on any atom is -0.490 e. The van der Waals surface area contributed by atoms with Gasteiger partial charge in [0.1, 0.15) is 5.75 Å². The first-order chi connectivity index (χ1) is 8.93. The molecular formula is C15H24BrNO2. The third kappa shape index (κ3) is 5.51. The van der Waals surface area contributed by atoms with Gasteiger partial charge in [-0.1, -0.05) is 15.9 Å². The van der Waals surface area contributed by atoms with Gasteiger partial charge in [-0.15, -0.1) is 0 Å². The Morgan fingerprint density at radius 2 is 2.00 bits per heavy atom. The van der Waals surface area contributed by atoms with Gasteiger partial charge >= 0.3 is 0 Å². The molecule has 0 heterocycles. The third-order valence-electron chi connectivity index (χ3n) is 2.91. The van der Waals surface area contributed by atoms with E-state index in [-0.39, 0.29) is 12.1 Å². The summed E-state index contributed by atoms with van der Waals surface area (Å²) in [7, 11) is 1.71. The standard InChI is InChI=1S/C15H24BrNO2/c1-10-7-14(16)9-13(8-11(2)17)15(10)19-12(3)5-6-18-4/h7,9,11-12H,5-6,8,17H2,1-4H3. The van der Waals surface area contributed by atoms with Crippen LogP contribution in [-0.2, 0) is 11.2 Å². The number of aryl methyl sites for hydroxylation is 1. The van der Waals surface area contributed by atoms with Crippen molar-refractivity contribution in [2.24, 2.45) is 5.73 Å². The molecule has 0 radical (unpaired) electrons. The van der Waals surface area contributed by atoms with Crippen LogP contribution in [0, 0.1) is 6.92 Å². The maximum absolute atomic E-state index is 6.08. The summed E-state index contributed by atoms with van der Waals surface area (Å²) in [5.41, 5.74) is 8.21. The molecule has 0 aliphatic rings. The summed E-state index contributed by atoms with van der Waals surface area (Å²) >= 11 is 3.53. The van der Waals surface area contributed by atoms with Crippen LogP contribution in [0.2, 0.25) is 0 Å². The molecule has 0 amide bonds. The molecule has 108 valence electrons. The molecule has 0 aliphatic heterocycles. The van der Waals surface area contributed by atoms with Gasteiger partial charge in [0.05, 0.1) is 6.10 Å². The first kappa shape index (κ1) is 16.5. The molecule has 0 spiro atoms. The van der Waals surface area contributed by atoms with Crippen molar-refractivity contribution in [3.05, 3.63) is 27.7 Å². The summed E-state index contributed by atoms with van der Waals surface area (Å²) < 4.78 is 12.2. The lowest BCUT2D eigenvalue weighted by Gasteiger charge is -2.20. The van der Waals surface area contributed by atoms with E-state index in [1.165, 1.54) is 0 Å². The molecule has 0 aromatic heterocycles. The Labute approximate surface area is 124 Å². The highest BCUT2D eigenvalue weighted by atomic mass is 79.9. The lowest BCUT2D eigenvalue weighted by molar-refractivity contribution is 0.134. The van der Waals surface area contributed by atoms with Gasteiger partial charge in [0.2, 0.25) is 0 Å². The maximum Gasteiger partial charge on any atom is 0.125 e. The van der Waals surface area contributed by atoms with Crippen molar-refractivity contribution in [1.29, 1.82) is 0 Å². The van der Waals surface area contributed by atoms with Crippen molar-refractivity contribution in [3.8, 4) is 5.75 Å². The molecule has 19 heavy (non-hydrogen) atoms. The van der Waals surface area contributed by atoms with Crippen molar-refractivity contribution in [2.45, 2.75) is 45.8 Å². The van der Waals surface area contributed by atoms with Crippen molar-refractivity contribution in [2.75, 3.05) is 13.7 Å². The Balaban J connectivity index is 2.90. The molecular weight excluding hydrogens is 306 g/mol. The lowest BCUT2D eigenvalue weighted by atomic mass is 10.0. The summed E-state index contributed by atoms with van der Waals surface area (Å²) in [6.07, 6.45) is 1.82. The van der Waals surface area contributed by atoms with Crippen LogP contribution in [-0.4, -0.2) is 25.9 Å². The molecule has 2 unspecified atom stereocenters. The molecule has 0 bridgehead atoms. The normalized spacial score (nSPS) is 14.2. The molecule has 3 nitrogen and oxygen atoms in total. The van der Waals surface area contributed by atoms with Crippen LogP contribution in [0.3, 0.4) is 0 Å². The van der Waals surface area contributed by atoms with E-state index >= 15 is 0 Å². The van der Waals surface area contributed by atoms with E-state index in [1.54, 1.807) is 7.11 Å². The van der Waals surface area contributed by atoms with Gasteiger partial charge in [0, 0.05) is 30.7 Å². The van der Waals surface area contributed by atoms with E-state index in [0.29, 0.717) is 6.61 Å². The number of hydrogen-bond donors (Lipinski definition) is 1. The number of halogens is 1. The Morgan fingerprint density at radius 3 is 2.58 bits per heavy atom. The van der Waals surface area contributed by atoms with E-state index in [0.717, 1.165) is 34.2 Å². The zero-order valence-corrected chi connectivity index (χ0v) is 13.8. The first-order valence-corrected chi connectivity index (χ1v) is 7.43. The third-order valence-corrected chi connectivity index (χ3v) is 3.36. The topological polar surface area (TPSA) is 44.5 Å². The molecule has 2 N–H and O–H groups in total. The quantitative estimate of drug-likeness (QED) is 0.833. The summed E-state index contributed by atoms with van der Waals surface area (Å²) in [4.78, 5) is 0. The van der Waals surface area contributed by atoms with Crippen molar-refractivity contribution in [1.82, 2.24) is 0 Å². The van der Waals surface area contributed by atoms with Crippen molar-refractivity contribution < 1.29 is 9.47 Å². The van der Waals surface area contributed by atoms with Gasteiger partial charge in [-0.3, -0.25) is 0 Å². The molecule has 1 aromatic rings. The summed E-state index contributed by atoms with van der Waals surface area (Å²) in [6, 6.07) is 4.28. The second-order valence-corrected chi connectivity index (χ2v) is 6.02. The predicted molar refractivity (Wildman–Crippen MR) is 82.8 cm³/mol. The average molecular weight is 330 g/mol. The van der Waals surface area contributed by atoms with E-state index in [2.05, 4.69) is 41.9 Å². The molecule has 2 atom stereocenters. The molecule has 0 saturated carbocycles. The van der Waals surface area contributed by atoms with Gasteiger partial charge in [0.15, 0.2) is 0 Å².